The molecule has 0 spiro atoms. The number of nitrogens with zero attached hydrogens (tertiary/aromatic N) is 6. The van der Waals surface area contributed by atoms with Gasteiger partial charge in [-0.1, -0.05) is 27.7 Å². The monoisotopic (exact) mass is 1180 g/mol. The van der Waals surface area contributed by atoms with Crippen LogP contribution in [0, 0.1) is 11.8 Å². The standard InChI is InChI=1S/C55H57N10O13PSe/c1-31(2)48(66)60-53-58-46-44(50(68)62-53)56-29-64(46)42-25-38(77-52(70)33-15-9-6-10-16-33)41(76-42)28-74-79(71,80)78-39-26-43(65-30-57-45-47(65)59-54(63-51(45)69)61-49(67)32(3)4)75-40(39)27-73-55(34-17-11-7-12-18-34,35-19-13-8-14-20-35)36-21-23-37(72-5)24-22-36/h6-24,29-32,38-43H,25-28H2,1-5H3,(H,71,80)(H2,58,60,62,66,68)(H2,59,61,63,67,69)/t38-,39-,40+,41+,42+,43+,79?/m0/s1. The van der Waals surface area contributed by atoms with Gasteiger partial charge in [0.1, 0.15) is 0 Å². The van der Waals surface area contributed by atoms with E-state index in [1.54, 1.807) is 69.7 Å². The Morgan fingerprint density at radius 3 is 1.65 bits per heavy atom. The molecule has 4 aromatic carbocycles. The molecule has 1 unspecified atom stereocenters. The van der Waals surface area contributed by atoms with E-state index in [4.69, 9.17) is 32.7 Å². The molecule has 0 saturated carbocycles. The molecule has 4 aromatic heterocycles. The minimum atomic E-state index is -4.05. The predicted octanol–water partition coefficient (Wildman–Crippen LogP) is 6.50. The quantitative estimate of drug-likeness (QED) is 0.0236. The zero-order chi connectivity index (χ0) is 56.3. The van der Waals surface area contributed by atoms with Crippen LogP contribution in [-0.2, 0) is 43.2 Å². The van der Waals surface area contributed by atoms with Crippen LogP contribution in [0.2, 0.25) is 0 Å². The number of esters is 1. The normalized spacial score (nSPS) is 20.1. The first-order valence-corrected chi connectivity index (χ1v) is 29.5. The van der Waals surface area contributed by atoms with Crippen molar-refractivity contribution in [1.29, 1.82) is 0 Å². The Balaban J connectivity index is 0.967. The number of aromatic amines is 2. The van der Waals surface area contributed by atoms with E-state index in [1.165, 1.54) is 17.2 Å². The number of nitrogens with one attached hydrogen (secondary N) is 4. The van der Waals surface area contributed by atoms with Crippen molar-refractivity contribution in [1.82, 2.24) is 39.0 Å². The molecular formula is C55H57N10O13PSe. The van der Waals surface area contributed by atoms with Crippen molar-refractivity contribution >= 4 is 73.3 Å². The average Bonchev–Trinajstić information content (AvgIpc) is 4.15. The van der Waals surface area contributed by atoms with Gasteiger partial charge in [0.2, 0.25) is 0 Å². The van der Waals surface area contributed by atoms with Crippen molar-refractivity contribution in [2.24, 2.45) is 11.8 Å². The number of ether oxygens (including phenoxy) is 5. The molecule has 2 aliphatic rings. The summed E-state index contributed by atoms with van der Waals surface area (Å²) < 4.78 is 48.1. The SMILES string of the molecule is COc1ccc(C(OC[C@H]2O[C@@H](n3cnc4c(=O)[nH]c(NC(=O)C(C)C)nc43)C[C@@H]2OP(O)(=[Se])OC[C@H]2O[C@@H](n3cnc4c(=O)[nH]c(NC(=O)C(C)C)nc43)C[C@@H]2OC(=O)c2ccccc2)(c2ccccc2)c2ccccc2)cc1. The Kier molecular flexibility index (Phi) is 16.5. The van der Waals surface area contributed by atoms with Gasteiger partial charge in [0.05, 0.1) is 7.11 Å². The van der Waals surface area contributed by atoms with E-state index < -0.39 is 77.6 Å². The van der Waals surface area contributed by atoms with E-state index in [-0.39, 0.29) is 77.7 Å². The number of hydrogen-bond donors (Lipinski definition) is 5. The fraction of sp³-hybridized carbons (Fsp3) is 0.327. The third kappa shape index (κ3) is 11.9. The number of methoxy groups -OCH3 is 1. The molecule has 0 aliphatic carbocycles. The maximum atomic E-state index is 13.6. The Bertz CT molecular complexity index is 3650. The number of H-pyrrole nitrogens is 2. The van der Waals surface area contributed by atoms with Gasteiger partial charge in [0, 0.05) is 5.92 Å². The zero-order valence-corrected chi connectivity index (χ0v) is 46.6. The Morgan fingerprint density at radius 1 is 0.700 bits per heavy atom. The summed E-state index contributed by atoms with van der Waals surface area (Å²) in [4.78, 5) is 101. The molecule has 25 heteroatoms. The summed E-state index contributed by atoms with van der Waals surface area (Å²) in [7, 11) is 1.59. The third-order valence-electron chi connectivity index (χ3n) is 13.6. The van der Waals surface area contributed by atoms with Crippen LogP contribution in [0.3, 0.4) is 0 Å². The number of anilines is 2. The van der Waals surface area contributed by atoms with E-state index in [1.807, 2.05) is 84.9 Å². The van der Waals surface area contributed by atoms with Crippen LogP contribution >= 0.6 is 6.19 Å². The number of carbonyl (C=O) groups excluding carboxylic acids is 3. The van der Waals surface area contributed by atoms with Gasteiger partial charge in [-0.05, 0) is 0 Å². The summed E-state index contributed by atoms with van der Waals surface area (Å²) in [5, 5.41) is 5.26. The van der Waals surface area contributed by atoms with Crippen molar-refractivity contribution < 1.29 is 52.0 Å². The van der Waals surface area contributed by atoms with Gasteiger partial charge in [-0.3, -0.25) is 4.79 Å². The van der Waals surface area contributed by atoms with Gasteiger partial charge in [0.15, 0.2) is 0 Å². The van der Waals surface area contributed by atoms with Crippen LogP contribution in [0.1, 0.15) is 80.0 Å². The summed E-state index contributed by atoms with van der Waals surface area (Å²) in [5.74, 6) is -1.76. The van der Waals surface area contributed by atoms with Gasteiger partial charge in [-0.15, -0.1) is 0 Å². The number of rotatable bonds is 20. The van der Waals surface area contributed by atoms with Crippen LogP contribution in [0.25, 0.3) is 22.3 Å². The molecule has 8 aromatic rings. The van der Waals surface area contributed by atoms with E-state index in [0.717, 1.165) is 16.7 Å². The molecule has 7 atom stereocenters. The number of amides is 2. The molecule has 6 heterocycles. The second-order valence-electron chi connectivity index (χ2n) is 19.7. The van der Waals surface area contributed by atoms with Crippen LogP contribution in [0.5, 0.6) is 5.75 Å². The molecule has 2 fully saturated rings. The summed E-state index contributed by atoms with van der Waals surface area (Å²) in [6, 6.07) is 35.3. The number of fused-ring (bicyclic) bond motifs is 2. The number of hydrogen-bond acceptors (Lipinski definition) is 17. The first-order chi connectivity index (χ1) is 38.5. The van der Waals surface area contributed by atoms with Gasteiger partial charge in [-0.2, -0.15) is 0 Å². The summed E-state index contributed by atoms with van der Waals surface area (Å²) in [6.07, 6.45) is -7.11. The van der Waals surface area contributed by atoms with Crippen LogP contribution in [-0.4, -0.2) is 122 Å². The number of aromatic nitrogens is 8. The molecule has 10 rings (SSSR count). The summed E-state index contributed by atoms with van der Waals surface area (Å²) in [5.41, 5.74) is 0.324. The van der Waals surface area contributed by atoms with Gasteiger partial charge >= 0.3 is 421 Å². The molecule has 80 heavy (non-hydrogen) atoms. The first kappa shape index (κ1) is 55.8. The average molecular weight is 1180 g/mol. The first-order valence-electron chi connectivity index (χ1n) is 25.7. The number of imidazole rings is 2. The molecule has 5 N–H and O–H groups in total. The van der Waals surface area contributed by atoms with E-state index >= 15 is 0 Å². The van der Waals surface area contributed by atoms with Gasteiger partial charge < -0.3 is 0 Å². The van der Waals surface area contributed by atoms with E-state index in [2.05, 4.69) is 55.6 Å². The zero-order valence-electron chi connectivity index (χ0n) is 44.0. The van der Waals surface area contributed by atoms with Crippen molar-refractivity contribution in [3.05, 3.63) is 171 Å². The molecule has 0 bridgehead atoms. The molecule has 2 amide bonds. The van der Waals surface area contributed by atoms with Crippen LogP contribution in [0.15, 0.2) is 138 Å². The Labute approximate surface area is 464 Å². The molecule has 416 valence electrons. The topological polar surface area (TPSA) is 287 Å². The van der Waals surface area contributed by atoms with Crippen molar-refractivity contribution in [2.75, 3.05) is 31.0 Å². The molecule has 0 radical (unpaired) electrons. The van der Waals surface area contributed by atoms with Crippen molar-refractivity contribution in [3.8, 4) is 5.75 Å². The maximum absolute atomic E-state index is 13.6. The van der Waals surface area contributed by atoms with Crippen molar-refractivity contribution in [2.45, 2.75) is 83.0 Å². The van der Waals surface area contributed by atoms with Crippen LogP contribution < -0.4 is 26.5 Å². The van der Waals surface area contributed by atoms with Gasteiger partial charge in [-0.25, -0.2) is 0 Å². The van der Waals surface area contributed by atoms with E-state index in [0.29, 0.717) is 5.75 Å². The van der Waals surface area contributed by atoms with Crippen molar-refractivity contribution in [3.63, 3.8) is 0 Å². The number of carbonyl (C=O) groups is 3. The molecule has 2 aliphatic heterocycles. The minimum absolute atomic E-state index is 0.0156. The van der Waals surface area contributed by atoms with E-state index in [9.17, 15) is 28.9 Å². The van der Waals surface area contributed by atoms with Crippen LogP contribution in [0.4, 0.5) is 11.9 Å². The Morgan fingerprint density at radius 2 is 1.16 bits per heavy atom. The second-order valence-corrected chi connectivity index (χ2v) is 24.0. The summed E-state index contributed by atoms with van der Waals surface area (Å²) in [6.45, 7) is 6.26. The summed E-state index contributed by atoms with van der Waals surface area (Å²) >= 11 is 2.72. The fourth-order valence-corrected chi connectivity index (χ4v) is 11.5. The Hall–Kier alpha value is -7.50. The molecule has 23 nitrogen and oxygen atoms in total. The second kappa shape index (κ2) is 23.7. The predicted molar refractivity (Wildman–Crippen MR) is 293 cm³/mol. The number of benzene rings is 4. The molecular weight excluding hydrogens is 1120 g/mol. The van der Waals surface area contributed by atoms with Gasteiger partial charge in [0.25, 0.3) is 0 Å². The molecule has 2 saturated heterocycles. The third-order valence-corrected chi connectivity index (χ3v) is 15.9. The fourth-order valence-electron chi connectivity index (χ4n) is 9.47.